The molecule has 8 heteroatoms. The Morgan fingerprint density at radius 3 is 2.75 bits per heavy atom. The van der Waals surface area contributed by atoms with Gasteiger partial charge in [-0.3, -0.25) is 10.1 Å². The molecular formula is C16H16FN5OS. The van der Waals surface area contributed by atoms with Crippen LogP contribution in [0.2, 0.25) is 0 Å². The molecule has 124 valence electrons. The highest BCUT2D eigenvalue weighted by Crippen LogP contribution is 2.19. The first-order chi connectivity index (χ1) is 11.4. The molecule has 0 saturated carbocycles. The Labute approximate surface area is 142 Å². The minimum Gasteiger partial charge on any atom is -0.294 e. The largest absolute Gasteiger partial charge is 0.294 e. The van der Waals surface area contributed by atoms with Crippen molar-refractivity contribution in [3.8, 4) is 5.69 Å². The third kappa shape index (κ3) is 3.48. The maximum Gasteiger partial charge on any atom is 0.233 e. The summed E-state index contributed by atoms with van der Waals surface area (Å²) in [6, 6.07) is 4.37. The van der Waals surface area contributed by atoms with E-state index in [0.717, 1.165) is 10.7 Å². The lowest BCUT2D eigenvalue weighted by Crippen LogP contribution is -2.18. The van der Waals surface area contributed by atoms with Gasteiger partial charge in [0.2, 0.25) is 11.9 Å². The summed E-state index contributed by atoms with van der Waals surface area (Å²) in [6.07, 6.45) is 0.165. The minimum atomic E-state index is -0.322. The van der Waals surface area contributed by atoms with Crippen LogP contribution in [0.3, 0.4) is 0 Å². The minimum absolute atomic E-state index is 0.165. The maximum absolute atomic E-state index is 13.3. The van der Waals surface area contributed by atoms with Gasteiger partial charge in [0.25, 0.3) is 0 Å². The Morgan fingerprint density at radius 1 is 1.29 bits per heavy atom. The number of hydrogen-bond donors (Lipinski definition) is 1. The van der Waals surface area contributed by atoms with Crippen molar-refractivity contribution in [1.82, 2.24) is 19.7 Å². The molecule has 3 rings (SSSR count). The van der Waals surface area contributed by atoms with Gasteiger partial charge < -0.3 is 0 Å². The number of nitrogens with one attached hydrogen (secondary N) is 1. The first-order valence-electron chi connectivity index (χ1n) is 7.33. The van der Waals surface area contributed by atoms with E-state index in [0.29, 0.717) is 23.0 Å². The summed E-state index contributed by atoms with van der Waals surface area (Å²) in [5, 5.41) is 9.81. The Kier molecular flexibility index (Phi) is 4.39. The summed E-state index contributed by atoms with van der Waals surface area (Å²) in [6.45, 7) is 5.40. The molecule has 0 atom stereocenters. The quantitative estimate of drug-likeness (QED) is 0.789. The van der Waals surface area contributed by atoms with Gasteiger partial charge in [-0.15, -0.1) is 16.4 Å². The van der Waals surface area contributed by atoms with Crippen molar-refractivity contribution in [1.29, 1.82) is 0 Å². The zero-order valence-corrected chi connectivity index (χ0v) is 14.3. The molecule has 6 nitrogen and oxygen atoms in total. The second-order valence-electron chi connectivity index (χ2n) is 5.41. The summed E-state index contributed by atoms with van der Waals surface area (Å²) in [7, 11) is 0. The van der Waals surface area contributed by atoms with Gasteiger partial charge in [0, 0.05) is 5.38 Å². The number of rotatable bonds is 4. The molecule has 1 N–H and O–H groups in total. The van der Waals surface area contributed by atoms with E-state index in [2.05, 4.69) is 20.4 Å². The standard InChI is InChI=1S/C16H16FN5OS/c1-9-6-12(17)4-5-14(9)22-16(18-10(2)21-22)20-15(23)7-13-8-24-11(3)19-13/h4-6,8H,7H2,1-3H3,(H,18,20,21,23). The van der Waals surface area contributed by atoms with Crippen LogP contribution < -0.4 is 5.32 Å². The zero-order valence-electron chi connectivity index (χ0n) is 13.5. The van der Waals surface area contributed by atoms with E-state index in [4.69, 9.17) is 0 Å². The second-order valence-corrected chi connectivity index (χ2v) is 6.47. The summed E-state index contributed by atoms with van der Waals surface area (Å²) in [5.41, 5.74) is 2.08. The Morgan fingerprint density at radius 2 is 2.08 bits per heavy atom. The molecule has 0 radical (unpaired) electrons. The van der Waals surface area contributed by atoms with Gasteiger partial charge in [0.15, 0.2) is 0 Å². The summed E-state index contributed by atoms with van der Waals surface area (Å²) >= 11 is 1.50. The van der Waals surface area contributed by atoms with Crippen LogP contribution in [-0.4, -0.2) is 25.7 Å². The molecular weight excluding hydrogens is 329 g/mol. The SMILES string of the molecule is Cc1nc(NC(=O)Cc2csc(C)n2)n(-c2ccc(F)cc2C)n1. The van der Waals surface area contributed by atoms with E-state index in [1.807, 2.05) is 12.3 Å². The second kappa shape index (κ2) is 6.48. The first-order valence-corrected chi connectivity index (χ1v) is 8.21. The molecule has 0 aliphatic rings. The van der Waals surface area contributed by atoms with Crippen molar-refractivity contribution in [3.05, 3.63) is 51.5 Å². The van der Waals surface area contributed by atoms with Gasteiger partial charge >= 0.3 is 0 Å². The summed E-state index contributed by atoms with van der Waals surface area (Å²) in [4.78, 5) is 20.8. The van der Waals surface area contributed by atoms with Crippen LogP contribution >= 0.6 is 11.3 Å². The lowest BCUT2D eigenvalue weighted by molar-refractivity contribution is -0.115. The van der Waals surface area contributed by atoms with Crippen LogP contribution in [0.25, 0.3) is 5.69 Å². The van der Waals surface area contributed by atoms with Gasteiger partial charge in [-0.1, -0.05) is 0 Å². The molecule has 1 amide bonds. The summed E-state index contributed by atoms with van der Waals surface area (Å²) in [5.74, 6) is 0.268. The van der Waals surface area contributed by atoms with E-state index in [1.54, 1.807) is 19.9 Å². The van der Waals surface area contributed by atoms with Gasteiger partial charge in [0.1, 0.15) is 11.6 Å². The van der Waals surface area contributed by atoms with Crippen molar-refractivity contribution < 1.29 is 9.18 Å². The number of aryl methyl sites for hydroxylation is 3. The van der Waals surface area contributed by atoms with Gasteiger partial charge in [0.05, 0.1) is 22.8 Å². The molecule has 2 heterocycles. The van der Waals surface area contributed by atoms with Crippen molar-refractivity contribution in [2.75, 3.05) is 5.32 Å². The fourth-order valence-electron chi connectivity index (χ4n) is 2.34. The predicted octanol–water partition coefficient (Wildman–Crippen LogP) is 2.97. The monoisotopic (exact) mass is 345 g/mol. The third-order valence-electron chi connectivity index (χ3n) is 3.36. The fraction of sp³-hybridized carbons (Fsp3) is 0.250. The highest BCUT2D eigenvalue weighted by molar-refractivity contribution is 7.09. The molecule has 0 bridgehead atoms. The molecule has 24 heavy (non-hydrogen) atoms. The highest BCUT2D eigenvalue weighted by Gasteiger charge is 2.15. The normalized spacial score (nSPS) is 10.8. The molecule has 2 aromatic heterocycles. The number of aromatic nitrogens is 4. The number of carbonyl (C=O) groups is 1. The molecule has 0 spiro atoms. The molecule has 0 aliphatic carbocycles. The average molecular weight is 345 g/mol. The molecule has 0 saturated heterocycles. The van der Waals surface area contributed by atoms with Crippen LogP contribution in [-0.2, 0) is 11.2 Å². The summed E-state index contributed by atoms with van der Waals surface area (Å²) < 4.78 is 14.8. The van der Waals surface area contributed by atoms with E-state index in [-0.39, 0.29) is 18.1 Å². The molecule has 0 fully saturated rings. The number of thiazole rings is 1. The number of nitrogens with zero attached hydrogens (tertiary/aromatic N) is 4. The third-order valence-corrected chi connectivity index (χ3v) is 4.18. The van der Waals surface area contributed by atoms with Gasteiger partial charge in [-0.05, 0) is 44.5 Å². The van der Waals surface area contributed by atoms with Gasteiger partial charge in [-0.2, -0.15) is 9.67 Å². The fourth-order valence-corrected chi connectivity index (χ4v) is 2.96. The van der Waals surface area contributed by atoms with Crippen LogP contribution in [0.1, 0.15) is 22.1 Å². The Hall–Kier alpha value is -2.61. The van der Waals surface area contributed by atoms with Crippen molar-refractivity contribution in [3.63, 3.8) is 0 Å². The smallest absolute Gasteiger partial charge is 0.233 e. The van der Waals surface area contributed by atoms with Crippen molar-refractivity contribution >= 4 is 23.2 Å². The number of hydrogen-bond acceptors (Lipinski definition) is 5. The van der Waals surface area contributed by atoms with Crippen LogP contribution in [0, 0.1) is 26.6 Å². The van der Waals surface area contributed by atoms with Crippen molar-refractivity contribution in [2.24, 2.45) is 0 Å². The number of benzene rings is 1. The number of halogens is 1. The van der Waals surface area contributed by atoms with E-state index < -0.39 is 0 Å². The van der Waals surface area contributed by atoms with E-state index in [9.17, 15) is 9.18 Å². The van der Waals surface area contributed by atoms with Gasteiger partial charge in [-0.25, -0.2) is 9.37 Å². The highest BCUT2D eigenvalue weighted by atomic mass is 32.1. The first kappa shape index (κ1) is 16.3. The lowest BCUT2D eigenvalue weighted by Gasteiger charge is -2.09. The van der Waals surface area contributed by atoms with Crippen molar-refractivity contribution in [2.45, 2.75) is 27.2 Å². The van der Waals surface area contributed by atoms with Crippen LogP contribution in [0.5, 0.6) is 0 Å². The molecule has 3 aromatic rings. The Bertz CT molecular complexity index is 902. The lowest BCUT2D eigenvalue weighted by atomic mass is 10.2. The average Bonchev–Trinajstić information content (AvgIpc) is 3.05. The number of amides is 1. The molecule has 0 unspecified atom stereocenters. The van der Waals surface area contributed by atoms with Crippen LogP contribution in [0.4, 0.5) is 10.3 Å². The topological polar surface area (TPSA) is 72.7 Å². The van der Waals surface area contributed by atoms with E-state index >= 15 is 0 Å². The number of anilines is 1. The predicted molar refractivity (Wildman–Crippen MR) is 90.0 cm³/mol. The van der Waals surface area contributed by atoms with E-state index in [1.165, 1.54) is 28.2 Å². The van der Waals surface area contributed by atoms with Crippen LogP contribution in [0.15, 0.2) is 23.6 Å². The number of carbonyl (C=O) groups excluding carboxylic acids is 1. The zero-order chi connectivity index (χ0) is 17.3. The molecule has 1 aromatic carbocycles. The Balaban J connectivity index is 1.85. The maximum atomic E-state index is 13.3. The molecule has 0 aliphatic heterocycles.